The third kappa shape index (κ3) is 4.13. The summed E-state index contributed by atoms with van der Waals surface area (Å²) < 4.78 is 0. The number of aliphatic hydroxyl groups excluding tert-OH is 1. The highest BCUT2D eigenvalue weighted by Crippen LogP contribution is 2.34. The Morgan fingerprint density at radius 1 is 0.786 bits per heavy atom. The van der Waals surface area contributed by atoms with E-state index in [4.69, 9.17) is 4.99 Å². The van der Waals surface area contributed by atoms with Crippen molar-refractivity contribution in [3.63, 3.8) is 0 Å². The third-order valence-electron chi connectivity index (χ3n) is 4.70. The molecule has 0 atom stereocenters. The number of hydrogen-bond acceptors (Lipinski definition) is 2. The molecule has 0 aromatic heterocycles. The molecule has 0 spiro atoms. The fraction of sp³-hybridized carbons (Fsp3) is 0.0800. The molecule has 1 aliphatic rings. The molecule has 138 valence electrons. The molecule has 3 aromatic rings. The fourth-order valence-corrected chi connectivity index (χ4v) is 5.77. The number of nitrogens with zero attached hydrogens (tertiary/aromatic N) is 1. The van der Waals surface area contributed by atoms with Crippen LogP contribution in [0.2, 0.25) is 0 Å². The number of aliphatic hydroxyl groups is 1. The first-order valence-electron chi connectivity index (χ1n) is 9.40. The lowest BCUT2D eigenvalue weighted by Crippen LogP contribution is -2.23. The van der Waals surface area contributed by atoms with E-state index in [2.05, 4.69) is 84.9 Å². The van der Waals surface area contributed by atoms with Crippen molar-refractivity contribution in [2.24, 2.45) is 4.99 Å². The number of allylic oxidation sites excluding steroid dienone is 4. The summed E-state index contributed by atoms with van der Waals surface area (Å²) in [7, 11) is -0.667. The van der Waals surface area contributed by atoms with E-state index in [0.717, 1.165) is 5.71 Å². The lowest BCUT2D eigenvalue weighted by atomic mass is 10.1. The Morgan fingerprint density at radius 2 is 1.39 bits per heavy atom. The molecule has 0 amide bonds. The fourth-order valence-electron chi connectivity index (χ4n) is 3.31. The van der Waals surface area contributed by atoms with Crippen LogP contribution in [0.25, 0.3) is 0 Å². The lowest BCUT2D eigenvalue weighted by Gasteiger charge is -2.22. The molecule has 4 rings (SSSR count). The zero-order valence-electron chi connectivity index (χ0n) is 15.6. The minimum Gasteiger partial charge on any atom is -0.506 e. The van der Waals surface area contributed by atoms with Crippen LogP contribution in [-0.4, -0.2) is 10.8 Å². The van der Waals surface area contributed by atoms with E-state index in [9.17, 15) is 5.11 Å². The molecule has 3 aromatic carbocycles. The van der Waals surface area contributed by atoms with Gasteiger partial charge in [-0.3, -0.25) is 4.99 Å². The highest BCUT2D eigenvalue weighted by molar-refractivity contribution is 7.79. The minimum atomic E-state index is -0.667. The smallest absolute Gasteiger partial charge is 0.136 e. The highest BCUT2D eigenvalue weighted by atomic mass is 31.1. The van der Waals surface area contributed by atoms with Gasteiger partial charge in [0.05, 0.1) is 12.3 Å². The van der Waals surface area contributed by atoms with E-state index >= 15 is 0 Å². The number of hydrogen-bond donors (Lipinski definition) is 1. The predicted octanol–water partition coefficient (Wildman–Crippen LogP) is 4.79. The van der Waals surface area contributed by atoms with Crippen molar-refractivity contribution in [2.75, 3.05) is 0 Å². The summed E-state index contributed by atoms with van der Waals surface area (Å²) in [5.41, 5.74) is 1.96. The molecule has 0 heterocycles. The van der Waals surface area contributed by atoms with Gasteiger partial charge in [0.1, 0.15) is 5.76 Å². The first kappa shape index (κ1) is 18.4. The van der Waals surface area contributed by atoms with Gasteiger partial charge < -0.3 is 5.11 Å². The second kappa shape index (κ2) is 8.82. The van der Waals surface area contributed by atoms with Gasteiger partial charge in [0, 0.05) is 6.42 Å². The molecule has 0 unspecified atom stereocenters. The monoisotopic (exact) mass is 383 g/mol. The van der Waals surface area contributed by atoms with Crippen LogP contribution in [0.3, 0.4) is 0 Å². The SMILES string of the molecule is OC1=CC=CCC1=NCc1ccccc1P(c1ccccc1)c1ccccc1. The molecule has 0 fully saturated rings. The summed E-state index contributed by atoms with van der Waals surface area (Å²) in [6.07, 6.45) is 6.27. The zero-order chi connectivity index (χ0) is 19.2. The molecule has 0 radical (unpaired) electrons. The molecule has 3 heteroatoms. The molecular weight excluding hydrogens is 361 g/mol. The Morgan fingerprint density at radius 3 is 2.04 bits per heavy atom. The van der Waals surface area contributed by atoms with Crippen molar-refractivity contribution in [1.82, 2.24) is 0 Å². The molecule has 0 bridgehead atoms. The van der Waals surface area contributed by atoms with Crippen LogP contribution in [-0.2, 0) is 6.54 Å². The molecule has 0 aliphatic heterocycles. The van der Waals surface area contributed by atoms with Crippen LogP contribution in [0.1, 0.15) is 12.0 Å². The number of benzene rings is 3. The summed E-state index contributed by atoms with van der Waals surface area (Å²) in [5, 5.41) is 14.0. The molecule has 2 nitrogen and oxygen atoms in total. The predicted molar refractivity (Wildman–Crippen MR) is 121 cm³/mol. The van der Waals surface area contributed by atoms with Crippen LogP contribution in [0.4, 0.5) is 0 Å². The second-order valence-corrected chi connectivity index (χ2v) is 8.77. The van der Waals surface area contributed by atoms with Crippen molar-refractivity contribution < 1.29 is 5.11 Å². The van der Waals surface area contributed by atoms with E-state index in [-0.39, 0.29) is 5.76 Å². The van der Waals surface area contributed by atoms with Crippen molar-refractivity contribution in [2.45, 2.75) is 13.0 Å². The number of rotatable bonds is 5. The maximum atomic E-state index is 10.1. The first-order valence-corrected chi connectivity index (χ1v) is 10.7. The highest BCUT2D eigenvalue weighted by Gasteiger charge is 2.19. The van der Waals surface area contributed by atoms with Gasteiger partial charge in [-0.15, -0.1) is 0 Å². The van der Waals surface area contributed by atoms with Gasteiger partial charge in [0.15, 0.2) is 0 Å². The minimum absolute atomic E-state index is 0.272. The topological polar surface area (TPSA) is 32.6 Å². The summed E-state index contributed by atoms with van der Waals surface area (Å²) in [5.74, 6) is 0.272. The van der Waals surface area contributed by atoms with E-state index in [1.165, 1.54) is 21.5 Å². The van der Waals surface area contributed by atoms with E-state index in [0.29, 0.717) is 13.0 Å². The van der Waals surface area contributed by atoms with Gasteiger partial charge >= 0.3 is 0 Å². The summed E-state index contributed by atoms with van der Waals surface area (Å²) >= 11 is 0. The van der Waals surface area contributed by atoms with Crippen LogP contribution in [0.15, 0.2) is 114 Å². The molecule has 0 saturated carbocycles. The average Bonchev–Trinajstić information content (AvgIpc) is 2.76. The van der Waals surface area contributed by atoms with Crippen molar-refractivity contribution in [3.05, 3.63) is 114 Å². The van der Waals surface area contributed by atoms with Crippen molar-refractivity contribution >= 4 is 29.5 Å². The van der Waals surface area contributed by atoms with Crippen LogP contribution >= 0.6 is 7.92 Å². The molecule has 1 N–H and O–H groups in total. The standard InChI is InChI=1S/C25H22NOP/c27-24-17-9-8-16-23(24)26-19-20-11-7-10-18-25(20)28(21-12-3-1-4-13-21)22-14-5-2-6-15-22/h1-15,17-18,27H,16,19H2. The van der Waals surface area contributed by atoms with E-state index in [1.807, 2.05) is 12.2 Å². The lowest BCUT2D eigenvalue weighted by molar-refractivity contribution is 0.440. The van der Waals surface area contributed by atoms with Crippen molar-refractivity contribution in [3.8, 4) is 0 Å². The first-order chi connectivity index (χ1) is 13.8. The second-order valence-electron chi connectivity index (χ2n) is 6.58. The Hall–Kier alpha value is -2.96. The molecule has 28 heavy (non-hydrogen) atoms. The maximum absolute atomic E-state index is 10.1. The van der Waals surface area contributed by atoms with Gasteiger partial charge in [0.2, 0.25) is 0 Å². The molecule has 1 aliphatic carbocycles. The van der Waals surface area contributed by atoms with Gasteiger partial charge in [-0.2, -0.15) is 0 Å². The Kier molecular flexibility index (Phi) is 5.80. The maximum Gasteiger partial charge on any atom is 0.136 e. The summed E-state index contributed by atoms with van der Waals surface area (Å²) in [6.45, 7) is 0.565. The quantitative estimate of drug-likeness (QED) is 0.632. The van der Waals surface area contributed by atoms with Gasteiger partial charge in [-0.1, -0.05) is 97.1 Å². The van der Waals surface area contributed by atoms with Crippen LogP contribution < -0.4 is 15.9 Å². The van der Waals surface area contributed by atoms with Gasteiger partial charge in [0.25, 0.3) is 0 Å². The Labute approximate surface area is 167 Å². The van der Waals surface area contributed by atoms with Crippen LogP contribution in [0.5, 0.6) is 0 Å². The largest absolute Gasteiger partial charge is 0.506 e. The van der Waals surface area contributed by atoms with E-state index < -0.39 is 7.92 Å². The zero-order valence-corrected chi connectivity index (χ0v) is 16.5. The molecule has 0 saturated heterocycles. The summed E-state index contributed by atoms with van der Waals surface area (Å²) in [4.78, 5) is 4.72. The Bertz CT molecular complexity index is 983. The van der Waals surface area contributed by atoms with Crippen molar-refractivity contribution in [1.29, 1.82) is 0 Å². The Balaban J connectivity index is 1.75. The van der Waals surface area contributed by atoms with Gasteiger partial charge in [-0.05, 0) is 35.5 Å². The average molecular weight is 383 g/mol. The van der Waals surface area contributed by atoms with E-state index in [1.54, 1.807) is 6.08 Å². The van der Waals surface area contributed by atoms with Crippen LogP contribution in [0, 0.1) is 0 Å². The number of aliphatic imine (C=N–C) groups is 1. The third-order valence-corrected chi connectivity index (χ3v) is 7.25. The van der Waals surface area contributed by atoms with Gasteiger partial charge in [-0.25, -0.2) is 0 Å². The molecular formula is C25H22NOP. The normalized spacial score (nSPS) is 15.0. The summed E-state index contributed by atoms with van der Waals surface area (Å²) in [6, 6.07) is 29.9.